The molecule has 0 fully saturated rings. The van der Waals surface area contributed by atoms with E-state index >= 15 is 0 Å². The van der Waals surface area contributed by atoms with Crippen LogP contribution in [0, 0.1) is 11.6 Å². The van der Waals surface area contributed by atoms with Gasteiger partial charge in [-0.15, -0.1) is 0 Å². The highest BCUT2D eigenvalue weighted by molar-refractivity contribution is 5.38. The summed E-state index contributed by atoms with van der Waals surface area (Å²) in [6, 6.07) is 11.2. The fourth-order valence-corrected chi connectivity index (χ4v) is 2.65. The van der Waals surface area contributed by atoms with E-state index in [2.05, 4.69) is 5.32 Å². The van der Waals surface area contributed by atoms with Gasteiger partial charge in [0.1, 0.15) is 23.5 Å². The van der Waals surface area contributed by atoms with E-state index in [1.165, 1.54) is 18.2 Å². The van der Waals surface area contributed by atoms with Gasteiger partial charge >= 0.3 is 0 Å². The largest absolute Gasteiger partial charge is 0.488 e. The molecule has 1 aliphatic heterocycles. The van der Waals surface area contributed by atoms with Gasteiger partial charge in [0.25, 0.3) is 0 Å². The van der Waals surface area contributed by atoms with Crippen LogP contribution in [-0.2, 0) is 6.42 Å². The smallest absolute Gasteiger partial charge is 0.127 e. The lowest BCUT2D eigenvalue weighted by atomic mass is 10.1. The molecule has 0 bridgehead atoms. The van der Waals surface area contributed by atoms with Crippen LogP contribution < -0.4 is 10.1 Å². The topological polar surface area (TPSA) is 21.3 Å². The SMILES string of the molecule is CC(NCC1Cc2cc(F)ccc2O1)c1ccccc1F. The zero-order valence-electron chi connectivity index (χ0n) is 11.8. The van der Waals surface area contributed by atoms with Crippen molar-refractivity contribution in [3.05, 3.63) is 65.2 Å². The second-order valence-electron chi connectivity index (χ2n) is 5.35. The molecule has 3 rings (SSSR count). The number of benzene rings is 2. The molecule has 0 saturated heterocycles. The Morgan fingerprint density at radius 1 is 1.24 bits per heavy atom. The number of hydrogen-bond donors (Lipinski definition) is 1. The number of rotatable bonds is 4. The molecular weight excluding hydrogens is 272 g/mol. The van der Waals surface area contributed by atoms with Gasteiger partial charge in [-0.1, -0.05) is 18.2 Å². The van der Waals surface area contributed by atoms with E-state index in [1.54, 1.807) is 18.2 Å². The molecule has 2 aromatic carbocycles. The van der Waals surface area contributed by atoms with Gasteiger partial charge in [-0.3, -0.25) is 0 Å². The van der Waals surface area contributed by atoms with E-state index in [0.717, 1.165) is 11.3 Å². The summed E-state index contributed by atoms with van der Waals surface area (Å²) >= 11 is 0. The minimum absolute atomic E-state index is 0.0453. The molecule has 0 radical (unpaired) electrons. The maximum absolute atomic E-state index is 13.7. The molecule has 0 amide bonds. The van der Waals surface area contributed by atoms with Crippen molar-refractivity contribution >= 4 is 0 Å². The number of halogens is 2. The molecule has 2 unspecified atom stereocenters. The number of fused-ring (bicyclic) bond motifs is 1. The maximum atomic E-state index is 13.7. The van der Waals surface area contributed by atoms with Crippen LogP contribution in [0.2, 0.25) is 0 Å². The summed E-state index contributed by atoms with van der Waals surface area (Å²) in [5.41, 5.74) is 1.53. The Labute approximate surface area is 122 Å². The summed E-state index contributed by atoms with van der Waals surface area (Å²) in [5, 5.41) is 3.27. The van der Waals surface area contributed by atoms with E-state index < -0.39 is 0 Å². The summed E-state index contributed by atoms with van der Waals surface area (Å²) in [6.45, 7) is 2.51. The van der Waals surface area contributed by atoms with Crippen molar-refractivity contribution in [3.8, 4) is 5.75 Å². The Morgan fingerprint density at radius 2 is 2.05 bits per heavy atom. The first-order valence-corrected chi connectivity index (χ1v) is 7.06. The number of hydrogen-bond acceptors (Lipinski definition) is 2. The van der Waals surface area contributed by atoms with Gasteiger partial charge < -0.3 is 10.1 Å². The zero-order chi connectivity index (χ0) is 14.8. The predicted molar refractivity (Wildman–Crippen MR) is 77.3 cm³/mol. The van der Waals surface area contributed by atoms with Crippen LogP contribution >= 0.6 is 0 Å². The van der Waals surface area contributed by atoms with Crippen molar-refractivity contribution in [2.24, 2.45) is 0 Å². The highest BCUT2D eigenvalue weighted by Crippen LogP contribution is 2.29. The molecule has 4 heteroatoms. The average Bonchev–Trinajstić information content (AvgIpc) is 2.87. The highest BCUT2D eigenvalue weighted by Gasteiger charge is 2.23. The minimum Gasteiger partial charge on any atom is -0.488 e. The fraction of sp³-hybridized carbons (Fsp3) is 0.294. The standard InChI is InChI=1S/C17H17F2NO/c1-11(15-4-2-3-5-16(15)19)20-10-14-9-12-8-13(18)6-7-17(12)21-14/h2-8,11,14,20H,9-10H2,1H3. The molecule has 0 spiro atoms. The molecule has 2 nitrogen and oxygen atoms in total. The molecule has 110 valence electrons. The van der Waals surface area contributed by atoms with E-state index in [0.29, 0.717) is 18.5 Å². The Bertz CT molecular complexity index is 644. The highest BCUT2D eigenvalue weighted by atomic mass is 19.1. The van der Waals surface area contributed by atoms with Crippen molar-refractivity contribution < 1.29 is 13.5 Å². The van der Waals surface area contributed by atoms with Crippen LogP contribution in [0.4, 0.5) is 8.78 Å². The van der Waals surface area contributed by atoms with Crippen LogP contribution in [-0.4, -0.2) is 12.6 Å². The Balaban J connectivity index is 1.59. The quantitative estimate of drug-likeness (QED) is 0.928. The van der Waals surface area contributed by atoms with E-state index in [4.69, 9.17) is 4.74 Å². The second kappa shape index (κ2) is 5.82. The van der Waals surface area contributed by atoms with Crippen molar-refractivity contribution in [3.63, 3.8) is 0 Å². The van der Waals surface area contributed by atoms with Gasteiger partial charge in [-0.25, -0.2) is 8.78 Å². The zero-order valence-corrected chi connectivity index (χ0v) is 11.8. The van der Waals surface area contributed by atoms with Gasteiger partial charge in [0.2, 0.25) is 0 Å². The average molecular weight is 289 g/mol. The van der Waals surface area contributed by atoms with Gasteiger partial charge in [-0.2, -0.15) is 0 Å². The fourth-order valence-electron chi connectivity index (χ4n) is 2.65. The van der Waals surface area contributed by atoms with Crippen molar-refractivity contribution in [2.45, 2.75) is 25.5 Å². The van der Waals surface area contributed by atoms with E-state index in [-0.39, 0.29) is 23.8 Å². The maximum Gasteiger partial charge on any atom is 0.127 e. The second-order valence-corrected chi connectivity index (χ2v) is 5.35. The lowest BCUT2D eigenvalue weighted by molar-refractivity contribution is 0.222. The molecule has 0 aliphatic carbocycles. The van der Waals surface area contributed by atoms with Crippen LogP contribution in [0.1, 0.15) is 24.1 Å². The Kier molecular flexibility index (Phi) is 3.88. The Hall–Kier alpha value is -1.94. The third-order valence-electron chi connectivity index (χ3n) is 3.79. The van der Waals surface area contributed by atoms with Crippen molar-refractivity contribution in [2.75, 3.05) is 6.54 Å². The van der Waals surface area contributed by atoms with Crippen molar-refractivity contribution in [1.82, 2.24) is 5.32 Å². The van der Waals surface area contributed by atoms with Crippen LogP contribution in [0.3, 0.4) is 0 Å². The molecule has 2 aromatic rings. The first-order valence-electron chi connectivity index (χ1n) is 7.06. The van der Waals surface area contributed by atoms with Crippen LogP contribution in [0.25, 0.3) is 0 Å². The minimum atomic E-state index is -0.245. The lowest BCUT2D eigenvalue weighted by Crippen LogP contribution is -2.32. The summed E-state index contributed by atoms with van der Waals surface area (Å²) in [6.07, 6.45) is 0.625. The van der Waals surface area contributed by atoms with Crippen LogP contribution in [0.15, 0.2) is 42.5 Å². The molecular formula is C17H17F2NO. The van der Waals surface area contributed by atoms with Gasteiger partial charge in [0.15, 0.2) is 0 Å². The third-order valence-corrected chi connectivity index (χ3v) is 3.79. The third kappa shape index (κ3) is 3.05. The molecule has 1 aliphatic rings. The molecule has 1 heterocycles. The molecule has 2 atom stereocenters. The van der Waals surface area contributed by atoms with Gasteiger partial charge in [-0.05, 0) is 31.2 Å². The predicted octanol–water partition coefficient (Wildman–Crippen LogP) is 3.62. The lowest BCUT2D eigenvalue weighted by Gasteiger charge is -2.18. The van der Waals surface area contributed by atoms with Crippen molar-refractivity contribution in [1.29, 1.82) is 0 Å². The normalized spacial score (nSPS) is 18.1. The summed E-state index contributed by atoms with van der Waals surface area (Å²) in [5.74, 6) is 0.280. The number of ether oxygens (including phenoxy) is 1. The monoisotopic (exact) mass is 289 g/mol. The molecule has 0 saturated carbocycles. The number of nitrogens with one attached hydrogen (secondary N) is 1. The first kappa shape index (κ1) is 14.0. The van der Waals surface area contributed by atoms with Gasteiger partial charge in [0.05, 0.1) is 0 Å². The summed E-state index contributed by atoms with van der Waals surface area (Å²) in [4.78, 5) is 0. The summed E-state index contributed by atoms with van der Waals surface area (Å²) < 4.78 is 32.6. The van der Waals surface area contributed by atoms with E-state index in [1.807, 2.05) is 13.0 Å². The van der Waals surface area contributed by atoms with Gasteiger partial charge in [0, 0.05) is 30.1 Å². The molecule has 1 N–H and O–H groups in total. The molecule has 21 heavy (non-hydrogen) atoms. The first-order chi connectivity index (χ1) is 10.1. The molecule has 0 aromatic heterocycles. The van der Waals surface area contributed by atoms with Crippen LogP contribution in [0.5, 0.6) is 5.75 Å². The Morgan fingerprint density at radius 3 is 2.86 bits per heavy atom. The summed E-state index contributed by atoms with van der Waals surface area (Å²) in [7, 11) is 0. The van der Waals surface area contributed by atoms with E-state index in [9.17, 15) is 8.78 Å².